The van der Waals surface area contributed by atoms with Gasteiger partial charge in [0.25, 0.3) is 0 Å². The van der Waals surface area contributed by atoms with Crippen LogP contribution in [0.4, 0.5) is 0 Å². The molecule has 0 saturated carbocycles. The highest BCUT2D eigenvalue weighted by Gasteiger charge is 2.30. The molecule has 0 aliphatic carbocycles. The van der Waals surface area contributed by atoms with Crippen molar-refractivity contribution in [3.63, 3.8) is 0 Å². The fraction of sp³-hybridized carbons (Fsp3) is 0.571. The van der Waals surface area contributed by atoms with Crippen molar-refractivity contribution >= 4 is 7.82 Å². The molecule has 0 radical (unpaired) electrons. The van der Waals surface area contributed by atoms with E-state index in [1.165, 1.54) is 0 Å². The van der Waals surface area contributed by atoms with Crippen LogP contribution in [-0.4, -0.2) is 4.89 Å². The van der Waals surface area contributed by atoms with Gasteiger partial charge in [-0.25, -0.2) is 4.57 Å². The highest BCUT2D eigenvalue weighted by Crippen LogP contribution is 2.49. The van der Waals surface area contributed by atoms with E-state index < -0.39 is 7.82 Å². The Hall–Kier alpha value is -1.77. The van der Waals surface area contributed by atoms with Gasteiger partial charge in [-0.05, 0) is 73.6 Å². The first-order valence-corrected chi connectivity index (χ1v) is 14.4. The predicted molar refractivity (Wildman–Crippen MR) is 138 cm³/mol. The van der Waals surface area contributed by atoms with E-state index in [1.54, 1.807) is 0 Å². The van der Waals surface area contributed by atoms with Crippen LogP contribution in [0.25, 0.3) is 0 Å². The Morgan fingerprint density at radius 1 is 0.606 bits per heavy atom. The number of hydrogen-bond donors (Lipinski definition) is 1. The van der Waals surface area contributed by atoms with Crippen LogP contribution in [0.5, 0.6) is 11.5 Å². The fourth-order valence-electron chi connectivity index (χ4n) is 4.02. The van der Waals surface area contributed by atoms with E-state index >= 15 is 0 Å². The normalized spacial score (nSPS) is 11.5. The summed E-state index contributed by atoms with van der Waals surface area (Å²) in [6.07, 6.45) is 11.5. The smallest absolute Gasteiger partial charge is 0.395 e. The first-order valence-electron chi connectivity index (χ1n) is 12.9. The molecule has 0 spiro atoms. The zero-order valence-electron chi connectivity index (χ0n) is 21.1. The first kappa shape index (κ1) is 27.5. The van der Waals surface area contributed by atoms with Crippen molar-refractivity contribution in [3.05, 3.63) is 58.7 Å². The van der Waals surface area contributed by atoms with Crippen molar-refractivity contribution in [3.8, 4) is 11.5 Å². The number of para-hydroxylation sites is 2. The van der Waals surface area contributed by atoms with E-state index in [-0.39, 0.29) is 0 Å². The molecule has 0 amide bonds. The van der Waals surface area contributed by atoms with Crippen LogP contribution in [0, 0.1) is 0 Å². The molecular formula is C28H43O4P. The second kappa shape index (κ2) is 14.5. The van der Waals surface area contributed by atoms with Crippen LogP contribution in [-0.2, 0) is 30.2 Å². The lowest BCUT2D eigenvalue weighted by atomic mass is 10.0. The maximum absolute atomic E-state index is 13.4. The summed E-state index contributed by atoms with van der Waals surface area (Å²) in [6.45, 7) is 8.58. The van der Waals surface area contributed by atoms with Crippen molar-refractivity contribution in [2.75, 3.05) is 0 Å². The summed E-state index contributed by atoms with van der Waals surface area (Å²) in [5.41, 5.74) is 3.92. The third-order valence-electron chi connectivity index (χ3n) is 5.97. The molecule has 2 aromatic carbocycles. The Morgan fingerprint density at radius 2 is 0.879 bits per heavy atom. The Balaban J connectivity index is 2.38. The molecule has 2 rings (SSSR count). The summed E-state index contributed by atoms with van der Waals surface area (Å²) in [7, 11) is -4.37. The van der Waals surface area contributed by atoms with Crippen LogP contribution in [0.15, 0.2) is 36.4 Å². The summed E-state index contributed by atoms with van der Waals surface area (Å²) >= 11 is 0. The number of rotatable bonds is 16. The lowest BCUT2D eigenvalue weighted by molar-refractivity contribution is 0.286. The van der Waals surface area contributed by atoms with Gasteiger partial charge >= 0.3 is 7.82 Å². The van der Waals surface area contributed by atoms with E-state index in [4.69, 9.17) is 9.05 Å². The second-order valence-corrected chi connectivity index (χ2v) is 10.2. The van der Waals surface area contributed by atoms with Crippen LogP contribution < -0.4 is 9.05 Å². The third kappa shape index (κ3) is 8.83. The van der Waals surface area contributed by atoms with Gasteiger partial charge < -0.3 is 9.05 Å². The summed E-state index contributed by atoms with van der Waals surface area (Å²) in [5.74, 6) is 1.07. The first-order chi connectivity index (χ1) is 16.0. The summed E-state index contributed by atoms with van der Waals surface area (Å²) in [4.78, 5) is 10.9. The van der Waals surface area contributed by atoms with Crippen molar-refractivity contribution in [2.45, 2.75) is 105 Å². The van der Waals surface area contributed by atoms with Gasteiger partial charge in [0.2, 0.25) is 0 Å². The Labute approximate surface area is 201 Å². The van der Waals surface area contributed by atoms with Gasteiger partial charge in [0.1, 0.15) is 11.5 Å². The number of hydrogen-bond acceptors (Lipinski definition) is 3. The van der Waals surface area contributed by atoms with Crippen LogP contribution >= 0.6 is 7.82 Å². The van der Waals surface area contributed by atoms with Gasteiger partial charge in [-0.1, -0.05) is 89.8 Å². The highest BCUT2D eigenvalue weighted by atomic mass is 31.2. The largest absolute Gasteiger partial charge is 0.584 e. The molecule has 0 heterocycles. The van der Waals surface area contributed by atoms with Gasteiger partial charge in [0.15, 0.2) is 0 Å². The average molecular weight is 475 g/mol. The van der Waals surface area contributed by atoms with Crippen molar-refractivity contribution in [1.29, 1.82) is 0 Å². The minimum atomic E-state index is -4.37. The number of benzene rings is 2. The third-order valence-corrected chi connectivity index (χ3v) is 6.79. The quantitative estimate of drug-likeness (QED) is 0.247. The van der Waals surface area contributed by atoms with E-state index in [9.17, 15) is 9.46 Å². The molecule has 0 bridgehead atoms. The van der Waals surface area contributed by atoms with E-state index in [0.717, 1.165) is 99.3 Å². The molecule has 0 aliphatic rings. The molecule has 33 heavy (non-hydrogen) atoms. The Morgan fingerprint density at radius 3 is 1.12 bits per heavy atom. The van der Waals surface area contributed by atoms with Crippen LogP contribution in [0.1, 0.15) is 101 Å². The molecule has 0 unspecified atom stereocenters. The van der Waals surface area contributed by atoms with Crippen molar-refractivity contribution in [1.82, 2.24) is 0 Å². The van der Waals surface area contributed by atoms with Gasteiger partial charge in [-0.15, -0.1) is 0 Å². The van der Waals surface area contributed by atoms with Crippen molar-refractivity contribution in [2.24, 2.45) is 0 Å². The fourth-order valence-corrected chi connectivity index (χ4v) is 4.98. The average Bonchev–Trinajstić information content (AvgIpc) is 2.80. The minimum absolute atomic E-state index is 0.534. The molecule has 1 N–H and O–H groups in total. The molecule has 0 saturated heterocycles. The molecule has 0 aliphatic heterocycles. The topological polar surface area (TPSA) is 55.8 Å². The monoisotopic (exact) mass is 474 g/mol. The minimum Gasteiger partial charge on any atom is -0.395 e. The van der Waals surface area contributed by atoms with Gasteiger partial charge in [0.05, 0.1) is 0 Å². The molecule has 0 atom stereocenters. The molecule has 2 aromatic rings. The zero-order valence-corrected chi connectivity index (χ0v) is 22.0. The SMILES string of the molecule is CCCCc1cccc(CCCC)c1OP(=O)(O)Oc1c(CCCC)cccc1CCCC. The van der Waals surface area contributed by atoms with Gasteiger partial charge in [0, 0.05) is 0 Å². The van der Waals surface area contributed by atoms with Gasteiger partial charge in [-0.2, -0.15) is 0 Å². The molecule has 184 valence electrons. The maximum Gasteiger partial charge on any atom is 0.584 e. The standard InChI is InChI=1S/C28H43O4P/c1-5-9-15-23-19-13-20-24(16-10-6-2)27(23)31-33(29,30)32-28-25(17-11-7-3)21-14-22-26(28)18-12-8-4/h13-14,19-22H,5-12,15-18H2,1-4H3,(H,29,30). The summed E-state index contributed by atoms with van der Waals surface area (Å²) in [6, 6.07) is 12.1. The van der Waals surface area contributed by atoms with Crippen LogP contribution in [0.2, 0.25) is 0 Å². The molecule has 5 heteroatoms. The second-order valence-electron chi connectivity index (χ2n) is 8.88. The summed E-state index contributed by atoms with van der Waals surface area (Å²) in [5, 5.41) is 0. The number of unbranched alkanes of at least 4 members (excludes halogenated alkanes) is 4. The zero-order chi connectivity index (χ0) is 24.1. The molecular weight excluding hydrogens is 431 g/mol. The van der Waals surface area contributed by atoms with E-state index in [1.807, 2.05) is 36.4 Å². The molecule has 4 nitrogen and oxygen atoms in total. The van der Waals surface area contributed by atoms with E-state index in [2.05, 4.69) is 27.7 Å². The molecule has 0 fully saturated rings. The number of aryl methyl sites for hydroxylation is 4. The highest BCUT2D eigenvalue weighted by molar-refractivity contribution is 7.48. The van der Waals surface area contributed by atoms with Crippen molar-refractivity contribution < 1.29 is 18.5 Å². The Kier molecular flexibility index (Phi) is 12.1. The maximum atomic E-state index is 13.4. The van der Waals surface area contributed by atoms with Gasteiger partial charge in [-0.3, -0.25) is 4.89 Å². The number of phosphoric ester groups is 1. The molecule has 0 aromatic heterocycles. The lowest BCUT2D eigenvalue weighted by Crippen LogP contribution is -2.07. The van der Waals surface area contributed by atoms with E-state index in [0.29, 0.717) is 11.5 Å². The predicted octanol–water partition coefficient (Wildman–Crippen LogP) is 8.62. The number of phosphoric acid groups is 1. The lowest BCUT2D eigenvalue weighted by Gasteiger charge is -2.22. The summed E-state index contributed by atoms with van der Waals surface area (Å²) < 4.78 is 25.1. The Bertz CT molecular complexity index is 771. The van der Waals surface area contributed by atoms with Crippen LogP contribution in [0.3, 0.4) is 0 Å².